The Morgan fingerprint density at radius 2 is 1.69 bits per heavy atom. The number of likely N-dealkylation sites (tertiary alicyclic amines) is 1. The molecule has 1 unspecified atom stereocenters. The predicted octanol–water partition coefficient (Wildman–Crippen LogP) is 0.856. The number of methoxy groups -OCH3 is 2. The van der Waals surface area contributed by atoms with E-state index in [4.69, 9.17) is 14.2 Å². The topological polar surface area (TPSA) is 114 Å². The van der Waals surface area contributed by atoms with Gasteiger partial charge in [-0.25, -0.2) is 8.42 Å². The van der Waals surface area contributed by atoms with Gasteiger partial charge in [0.15, 0.2) is 11.5 Å². The Kier molecular flexibility index (Phi) is 7.96. The molecule has 2 fully saturated rings. The first-order valence-corrected chi connectivity index (χ1v) is 12.2. The number of hydrogen-bond donors (Lipinski definition) is 1. The van der Waals surface area contributed by atoms with Gasteiger partial charge < -0.3 is 24.4 Å². The van der Waals surface area contributed by atoms with E-state index in [1.807, 2.05) is 0 Å². The summed E-state index contributed by atoms with van der Waals surface area (Å²) in [6, 6.07) is 1.83. The van der Waals surface area contributed by atoms with Crippen LogP contribution in [0.2, 0.25) is 0 Å². The third-order valence-electron chi connectivity index (χ3n) is 5.69. The Hall–Kier alpha value is -2.37. The first-order chi connectivity index (χ1) is 15.3. The first kappa shape index (κ1) is 24.3. The Morgan fingerprint density at radius 3 is 2.28 bits per heavy atom. The third kappa shape index (κ3) is 5.16. The van der Waals surface area contributed by atoms with Gasteiger partial charge in [0.2, 0.25) is 15.9 Å². The smallest absolute Gasteiger partial charge is 0.255 e. The van der Waals surface area contributed by atoms with Crippen molar-refractivity contribution in [1.29, 1.82) is 0 Å². The van der Waals surface area contributed by atoms with E-state index in [9.17, 15) is 18.0 Å². The molecule has 1 aromatic rings. The zero-order valence-corrected chi connectivity index (χ0v) is 19.6. The van der Waals surface area contributed by atoms with E-state index in [0.717, 1.165) is 19.3 Å². The van der Waals surface area contributed by atoms with Crippen molar-refractivity contribution in [1.82, 2.24) is 14.5 Å². The van der Waals surface area contributed by atoms with Gasteiger partial charge in [-0.3, -0.25) is 9.59 Å². The molecule has 1 N–H and O–H groups in total. The number of morpholine rings is 1. The number of benzene rings is 1. The highest BCUT2D eigenvalue weighted by molar-refractivity contribution is 7.89. The number of sulfonamides is 1. The second kappa shape index (κ2) is 10.5. The number of ether oxygens (including phenoxy) is 3. The average Bonchev–Trinajstić information content (AvgIpc) is 2.83. The number of nitrogens with one attached hydrogen (secondary N) is 1. The quantitative estimate of drug-likeness (QED) is 0.630. The summed E-state index contributed by atoms with van der Waals surface area (Å²) < 4.78 is 43.5. The molecule has 178 valence electrons. The van der Waals surface area contributed by atoms with Crippen molar-refractivity contribution in [3.05, 3.63) is 17.7 Å². The van der Waals surface area contributed by atoms with Gasteiger partial charge in [0.25, 0.3) is 5.91 Å². The minimum absolute atomic E-state index is 0.0167. The monoisotopic (exact) mass is 469 g/mol. The fraction of sp³-hybridized carbons (Fsp3) is 0.619. The first-order valence-electron chi connectivity index (χ1n) is 10.7. The van der Waals surface area contributed by atoms with Crippen LogP contribution in [0.1, 0.15) is 36.5 Å². The molecular weight excluding hydrogens is 438 g/mol. The minimum atomic E-state index is -3.87. The van der Waals surface area contributed by atoms with Crippen molar-refractivity contribution in [3.63, 3.8) is 0 Å². The number of hydrogen-bond acceptors (Lipinski definition) is 7. The molecule has 0 aliphatic carbocycles. The van der Waals surface area contributed by atoms with Gasteiger partial charge in [0, 0.05) is 32.2 Å². The number of carbonyl (C=O) groups excluding carboxylic acids is 2. The molecule has 0 aromatic heterocycles. The summed E-state index contributed by atoms with van der Waals surface area (Å²) in [5.74, 6) is -0.566. The van der Waals surface area contributed by atoms with Crippen molar-refractivity contribution in [2.75, 3.05) is 53.6 Å². The molecule has 2 aliphatic heterocycles. The lowest BCUT2D eigenvalue weighted by atomic mass is 10.1. The summed E-state index contributed by atoms with van der Waals surface area (Å²) in [6.07, 6.45) is 2.98. The summed E-state index contributed by atoms with van der Waals surface area (Å²) in [6.45, 7) is 4.00. The van der Waals surface area contributed by atoms with E-state index < -0.39 is 22.0 Å². The van der Waals surface area contributed by atoms with Crippen molar-refractivity contribution in [2.24, 2.45) is 0 Å². The van der Waals surface area contributed by atoms with Crippen LogP contribution in [0.25, 0.3) is 0 Å². The van der Waals surface area contributed by atoms with E-state index >= 15 is 0 Å². The number of piperidine rings is 1. The van der Waals surface area contributed by atoms with Gasteiger partial charge in [-0.15, -0.1) is 0 Å². The van der Waals surface area contributed by atoms with Crippen LogP contribution in [-0.2, 0) is 19.6 Å². The fourth-order valence-electron chi connectivity index (χ4n) is 3.92. The molecule has 2 amide bonds. The summed E-state index contributed by atoms with van der Waals surface area (Å²) in [5.41, 5.74) is -0.0167. The molecule has 1 atom stereocenters. The molecule has 2 saturated heterocycles. The average molecular weight is 470 g/mol. The van der Waals surface area contributed by atoms with Gasteiger partial charge in [-0.2, -0.15) is 4.31 Å². The SMILES string of the molecule is COc1cc(S(=O)(=O)N2CCOCC2)cc(C(=O)NC(C)C(=O)N2CCCCC2)c1OC. The lowest BCUT2D eigenvalue weighted by molar-refractivity contribution is -0.133. The van der Waals surface area contributed by atoms with Crippen LogP contribution < -0.4 is 14.8 Å². The van der Waals surface area contributed by atoms with E-state index in [0.29, 0.717) is 26.3 Å². The fourth-order valence-corrected chi connectivity index (χ4v) is 5.37. The largest absolute Gasteiger partial charge is 0.493 e. The Balaban J connectivity index is 1.89. The highest BCUT2D eigenvalue weighted by Crippen LogP contribution is 2.35. The van der Waals surface area contributed by atoms with Gasteiger partial charge in [-0.1, -0.05) is 0 Å². The van der Waals surface area contributed by atoms with Crippen molar-refractivity contribution >= 4 is 21.8 Å². The lowest BCUT2D eigenvalue weighted by Crippen LogP contribution is -2.48. The molecule has 0 saturated carbocycles. The molecule has 1 aromatic carbocycles. The molecule has 0 bridgehead atoms. The molecule has 11 heteroatoms. The van der Waals surface area contributed by atoms with Crippen LogP contribution in [0.4, 0.5) is 0 Å². The molecule has 10 nitrogen and oxygen atoms in total. The van der Waals surface area contributed by atoms with Crippen LogP contribution in [0.3, 0.4) is 0 Å². The molecular formula is C21H31N3O7S. The highest BCUT2D eigenvalue weighted by Gasteiger charge is 2.31. The van der Waals surface area contributed by atoms with E-state index in [1.54, 1.807) is 11.8 Å². The maximum absolute atomic E-state index is 13.1. The van der Waals surface area contributed by atoms with Gasteiger partial charge >= 0.3 is 0 Å². The van der Waals surface area contributed by atoms with Crippen LogP contribution in [0.15, 0.2) is 17.0 Å². The maximum atomic E-state index is 13.1. The Morgan fingerprint density at radius 1 is 1.03 bits per heavy atom. The van der Waals surface area contributed by atoms with Crippen LogP contribution in [0, 0.1) is 0 Å². The maximum Gasteiger partial charge on any atom is 0.255 e. The molecule has 32 heavy (non-hydrogen) atoms. The standard InChI is InChI=1S/C21H31N3O7S/c1-15(21(26)23-7-5-4-6-8-23)22-20(25)17-13-16(14-18(29-2)19(17)30-3)32(27,28)24-9-11-31-12-10-24/h13-15H,4-12H2,1-3H3,(H,22,25). The predicted molar refractivity (Wildman–Crippen MR) is 116 cm³/mol. The summed E-state index contributed by atoms with van der Waals surface area (Å²) >= 11 is 0. The van der Waals surface area contributed by atoms with Crippen LogP contribution in [-0.4, -0.2) is 89.1 Å². The Labute approximate surface area is 188 Å². The molecule has 3 rings (SSSR count). The van der Waals surface area contributed by atoms with E-state index in [2.05, 4.69) is 5.32 Å². The second-order valence-corrected chi connectivity index (χ2v) is 9.74. The van der Waals surface area contributed by atoms with E-state index in [-0.39, 0.29) is 41.0 Å². The minimum Gasteiger partial charge on any atom is -0.493 e. The summed E-state index contributed by atoms with van der Waals surface area (Å²) in [5, 5.41) is 2.68. The number of rotatable bonds is 7. The van der Waals surface area contributed by atoms with E-state index in [1.165, 1.54) is 30.7 Å². The molecule has 2 heterocycles. The highest BCUT2D eigenvalue weighted by atomic mass is 32.2. The lowest BCUT2D eigenvalue weighted by Gasteiger charge is -2.29. The van der Waals surface area contributed by atoms with Gasteiger partial charge in [-0.05, 0) is 32.3 Å². The zero-order valence-electron chi connectivity index (χ0n) is 18.8. The van der Waals surface area contributed by atoms with Gasteiger partial charge in [0.1, 0.15) is 6.04 Å². The van der Waals surface area contributed by atoms with Crippen LogP contribution in [0.5, 0.6) is 11.5 Å². The normalized spacial score (nSPS) is 18.7. The van der Waals surface area contributed by atoms with Crippen molar-refractivity contribution < 1.29 is 32.2 Å². The van der Waals surface area contributed by atoms with Crippen molar-refractivity contribution in [3.8, 4) is 11.5 Å². The molecule has 0 spiro atoms. The summed E-state index contributed by atoms with van der Waals surface area (Å²) in [4.78, 5) is 27.5. The number of carbonyl (C=O) groups is 2. The number of amides is 2. The third-order valence-corrected chi connectivity index (χ3v) is 7.57. The zero-order chi connectivity index (χ0) is 23.3. The number of nitrogens with zero attached hydrogens (tertiary/aromatic N) is 2. The Bertz CT molecular complexity index is 939. The van der Waals surface area contributed by atoms with Gasteiger partial charge in [0.05, 0.1) is 37.9 Å². The van der Waals surface area contributed by atoms with Crippen LogP contribution >= 0.6 is 0 Å². The molecule has 2 aliphatic rings. The van der Waals surface area contributed by atoms with Crippen molar-refractivity contribution in [2.45, 2.75) is 37.1 Å². The second-order valence-electron chi connectivity index (χ2n) is 7.80. The summed E-state index contributed by atoms with van der Waals surface area (Å²) in [7, 11) is -1.14. The molecule has 0 radical (unpaired) electrons.